The van der Waals surface area contributed by atoms with Crippen molar-refractivity contribution in [2.45, 2.75) is 0 Å². The fraction of sp³-hybridized carbons (Fsp3) is 0. The number of anilines is 3. The van der Waals surface area contributed by atoms with Crippen molar-refractivity contribution in [3.8, 4) is 16.8 Å². The number of hydrogen-bond donors (Lipinski definition) is 0. The van der Waals surface area contributed by atoms with Crippen molar-refractivity contribution < 1.29 is 8.83 Å². The highest BCUT2D eigenvalue weighted by atomic mass is 16.3. The number of rotatable bonds is 5. The molecule has 3 aromatic heterocycles. The van der Waals surface area contributed by atoms with E-state index < -0.39 is 0 Å². The van der Waals surface area contributed by atoms with Crippen molar-refractivity contribution in [1.29, 1.82) is 0 Å². The number of para-hydroxylation sites is 5. The van der Waals surface area contributed by atoms with Crippen LogP contribution < -0.4 is 10.3 Å². The maximum absolute atomic E-state index is 13.2. The number of furan rings is 1. The summed E-state index contributed by atoms with van der Waals surface area (Å²) >= 11 is 0. The normalized spacial score (nSPS) is 11.8. The molecule has 0 bridgehead atoms. The Morgan fingerprint density at radius 2 is 1.07 bits per heavy atom. The van der Waals surface area contributed by atoms with Crippen LogP contribution in [0, 0.1) is 0 Å². The van der Waals surface area contributed by atoms with Crippen LogP contribution in [0.5, 0.6) is 0 Å². The monoisotopic (exact) mass is 694 g/mol. The zero-order chi connectivity index (χ0) is 35.8. The van der Waals surface area contributed by atoms with Crippen molar-refractivity contribution >= 4 is 82.7 Å². The molecule has 5 heteroatoms. The van der Waals surface area contributed by atoms with Gasteiger partial charge in [-0.05, 0) is 96.1 Å². The highest BCUT2D eigenvalue weighted by molar-refractivity contribution is 6.13. The van der Waals surface area contributed by atoms with Crippen LogP contribution >= 0.6 is 0 Å². The third-order valence-corrected chi connectivity index (χ3v) is 10.6. The average Bonchev–Trinajstić information content (AvgIpc) is 3.78. The van der Waals surface area contributed by atoms with E-state index in [-0.39, 0.29) is 5.43 Å². The Kier molecular flexibility index (Phi) is 6.64. The minimum atomic E-state index is -0.0168. The van der Waals surface area contributed by atoms with Crippen LogP contribution in [-0.2, 0) is 0 Å². The van der Waals surface area contributed by atoms with Gasteiger partial charge in [-0.3, -0.25) is 4.79 Å². The summed E-state index contributed by atoms with van der Waals surface area (Å²) in [6, 6.07) is 62.2. The number of nitrogens with zero attached hydrogens (tertiary/aromatic N) is 2. The average molecular weight is 695 g/mol. The van der Waals surface area contributed by atoms with E-state index in [0.29, 0.717) is 21.9 Å². The van der Waals surface area contributed by atoms with E-state index in [1.165, 1.54) is 0 Å². The molecule has 54 heavy (non-hydrogen) atoms. The summed E-state index contributed by atoms with van der Waals surface area (Å²) in [6.45, 7) is 0. The van der Waals surface area contributed by atoms with Gasteiger partial charge in [-0.25, -0.2) is 0 Å². The van der Waals surface area contributed by atoms with E-state index >= 15 is 0 Å². The largest absolute Gasteiger partial charge is 0.456 e. The third-order valence-electron chi connectivity index (χ3n) is 10.6. The SMILES string of the molecule is O=c1c2ccccc2oc2cc(-c3cccc(-n4c5ccccc5c5cc(N(c6ccccc6)c6cccc7c6oc6ccccc67)ccc54)c3)ccc12. The molecule has 0 saturated carbocycles. The number of fused-ring (bicyclic) bond motifs is 8. The summed E-state index contributed by atoms with van der Waals surface area (Å²) in [5.74, 6) is 0. The maximum Gasteiger partial charge on any atom is 0.200 e. The quantitative estimate of drug-likeness (QED) is 0.168. The molecule has 0 aliphatic rings. The maximum atomic E-state index is 13.2. The first-order chi connectivity index (χ1) is 26.7. The molecule has 0 fully saturated rings. The second-order valence-corrected chi connectivity index (χ2v) is 13.7. The lowest BCUT2D eigenvalue weighted by atomic mass is 10.0. The lowest BCUT2D eigenvalue weighted by Crippen LogP contribution is -2.10. The van der Waals surface area contributed by atoms with Crippen molar-refractivity contribution in [1.82, 2.24) is 4.57 Å². The van der Waals surface area contributed by atoms with Gasteiger partial charge >= 0.3 is 0 Å². The van der Waals surface area contributed by atoms with Crippen molar-refractivity contribution in [2.24, 2.45) is 0 Å². The van der Waals surface area contributed by atoms with Gasteiger partial charge in [-0.2, -0.15) is 0 Å². The summed E-state index contributed by atoms with van der Waals surface area (Å²) < 4.78 is 15.1. The molecule has 0 unspecified atom stereocenters. The van der Waals surface area contributed by atoms with Gasteiger partial charge < -0.3 is 18.3 Å². The summed E-state index contributed by atoms with van der Waals surface area (Å²) in [4.78, 5) is 15.5. The predicted octanol–water partition coefficient (Wildman–Crippen LogP) is 13.1. The zero-order valence-electron chi connectivity index (χ0n) is 28.9. The molecule has 0 N–H and O–H groups in total. The van der Waals surface area contributed by atoms with E-state index in [0.717, 1.165) is 77.6 Å². The highest BCUT2D eigenvalue weighted by Gasteiger charge is 2.21. The summed E-state index contributed by atoms with van der Waals surface area (Å²) in [5.41, 5.74) is 11.2. The van der Waals surface area contributed by atoms with Crippen molar-refractivity contribution in [3.05, 3.63) is 192 Å². The van der Waals surface area contributed by atoms with E-state index in [1.54, 1.807) is 0 Å². The Balaban J connectivity index is 1.08. The zero-order valence-corrected chi connectivity index (χ0v) is 28.9. The van der Waals surface area contributed by atoms with Crippen LogP contribution in [0.25, 0.3) is 82.5 Å². The molecule has 0 aliphatic carbocycles. The van der Waals surface area contributed by atoms with Gasteiger partial charge in [-0.15, -0.1) is 0 Å². The van der Waals surface area contributed by atoms with Gasteiger partial charge in [0, 0.05) is 38.6 Å². The number of aromatic nitrogens is 1. The molecular formula is C49H30N2O3. The fourth-order valence-electron chi connectivity index (χ4n) is 8.10. The van der Waals surface area contributed by atoms with Crippen LogP contribution in [-0.4, -0.2) is 4.57 Å². The summed E-state index contributed by atoms with van der Waals surface area (Å²) in [5, 5.41) is 5.66. The molecule has 0 atom stereocenters. The Morgan fingerprint density at radius 3 is 1.94 bits per heavy atom. The van der Waals surface area contributed by atoms with Gasteiger partial charge in [0.25, 0.3) is 0 Å². The van der Waals surface area contributed by atoms with E-state index in [2.05, 4.69) is 131 Å². The molecule has 8 aromatic carbocycles. The Labute approximate surface area is 309 Å². The molecule has 3 heterocycles. The molecule has 0 saturated heterocycles. The molecule has 5 nitrogen and oxygen atoms in total. The molecule has 0 spiro atoms. The van der Waals surface area contributed by atoms with E-state index in [1.807, 2.05) is 60.7 Å². The molecule has 11 rings (SSSR count). The minimum Gasteiger partial charge on any atom is -0.456 e. The fourth-order valence-corrected chi connectivity index (χ4v) is 8.10. The summed E-state index contributed by atoms with van der Waals surface area (Å²) in [6.07, 6.45) is 0. The second kappa shape index (κ2) is 11.8. The smallest absolute Gasteiger partial charge is 0.200 e. The molecule has 0 aliphatic heterocycles. The topological polar surface area (TPSA) is 51.5 Å². The van der Waals surface area contributed by atoms with Crippen LogP contribution in [0.2, 0.25) is 0 Å². The molecule has 11 aromatic rings. The van der Waals surface area contributed by atoms with Crippen LogP contribution in [0.1, 0.15) is 0 Å². The van der Waals surface area contributed by atoms with Gasteiger partial charge in [0.05, 0.1) is 27.5 Å². The first-order valence-corrected chi connectivity index (χ1v) is 18.0. The first-order valence-electron chi connectivity index (χ1n) is 18.0. The predicted molar refractivity (Wildman–Crippen MR) is 222 cm³/mol. The number of benzene rings is 8. The van der Waals surface area contributed by atoms with Gasteiger partial charge in [-0.1, -0.05) is 97.1 Å². The minimum absolute atomic E-state index is 0.0168. The Bertz CT molecular complexity index is 3320. The van der Waals surface area contributed by atoms with Crippen LogP contribution in [0.4, 0.5) is 17.1 Å². The van der Waals surface area contributed by atoms with E-state index in [4.69, 9.17) is 8.83 Å². The van der Waals surface area contributed by atoms with Crippen LogP contribution in [0.15, 0.2) is 196 Å². The van der Waals surface area contributed by atoms with Crippen molar-refractivity contribution in [3.63, 3.8) is 0 Å². The standard InChI is InChI=1S/C49H30N2O3/c52-48-39-18-6-9-23-46(39)53-47-29-32(24-26-40(47)48)31-12-10-15-34(28-31)51-42-20-7-4-16-36(42)41-30-35(25-27-43(41)51)50(33-13-2-1-3-14-33)44-21-11-19-38-37-17-5-8-22-45(37)54-49(38)44/h1-30H. The summed E-state index contributed by atoms with van der Waals surface area (Å²) in [7, 11) is 0. The molecule has 254 valence electrons. The molecule has 0 radical (unpaired) electrons. The molecular weight excluding hydrogens is 665 g/mol. The van der Waals surface area contributed by atoms with Gasteiger partial charge in [0.1, 0.15) is 16.7 Å². The number of hydrogen-bond acceptors (Lipinski definition) is 4. The highest BCUT2D eigenvalue weighted by Crippen LogP contribution is 2.44. The van der Waals surface area contributed by atoms with Crippen LogP contribution in [0.3, 0.4) is 0 Å². The van der Waals surface area contributed by atoms with Gasteiger partial charge in [0.15, 0.2) is 5.58 Å². The Hall–Kier alpha value is -7.37. The van der Waals surface area contributed by atoms with Gasteiger partial charge in [0.2, 0.25) is 5.43 Å². The first kappa shape index (κ1) is 30.3. The van der Waals surface area contributed by atoms with E-state index in [9.17, 15) is 4.79 Å². The molecule has 0 amide bonds. The lowest BCUT2D eigenvalue weighted by Gasteiger charge is -2.25. The Morgan fingerprint density at radius 1 is 0.407 bits per heavy atom. The lowest BCUT2D eigenvalue weighted by molar-refractivity contribution is 0.660. The third kappa shape index (κ3) is 4.62. The second-order valence-electron chi connectivity index (χ2n) is 13.7. The van der Waals surface area contributed by atoms with Crippen molar-refractivity contribution in [2.75, 3.05) is 4.90 Å².